The van der Waals surface area contributed by atoms with Crippen LogP contribution in [0.5, 0.6) is 5.75 Å². The Morgan fingerprint density at radius 1 is 0.824 bits per heavy atom. The van der Waals surface area contributed by atoms with Crippen molar-refractivity contribution in [3.8, 4) is 5.75 Å². The SMILES string of the molecule is O=C(OCc1ccccc1)C(Cc1ccc(OS(=O)(=O)C(F)(F)F)cc1)NCc1ccccc1. The third-order valence-corrected chi connectivity index (χ3v) is 5.74. The largest absolute Gasteiger partial charge is 0.534 e. The van der Waals surface area contributed by atoms with Gasteiger partial charge in [0.25, 0.3) is 0 Å². The molecule has 0 heterocycles. The van der Waals surface area contributed by atoms with Crippen molar-refractivity contribution in [1.29, 1.82) is 0 Å². The van der Waals surface area contributed by atoms with E-state index in [1.54, 1.807) is 0 Å². The van der Waals surface area contributed by atoms with Crippen molar-refractivity contribution in [1.82, 2.24) is 5.32 Å². The quantitative estimate of drug-likeness (QED) is 0.257. The number of benzene rings is 3. The summed E-state index contributed by atoms with van der Waals surface area (Å²) in [5.74, 6) is -0.985. The Kier molecular flexibility index (Phi) is 8.30. The first kappa shape index (κ1) is 25.3. The monoisotopic (exact) mass is 493 g/mol. The van der Waals surface area contributed by atoms with E-state index >= 15 is 0 Å². The van der Waals surface area contributed by atoms with Crippen molar-refractivity contribution in [2.24, 2.45) is 0 Å². The predicted molar refractivity (Wildman–Crippen MR) is 119 cm³/mol. The lowest BCUT2D eigenvalue weighted by molar-refractivity contribution is -0.147. The maximum atomic E-state index is 12.8. The van der Waals surface area contributed by atoms with Crippen LogP contribution in [0.1, 0.15) is 16.7 Å². The van der Waals surface area contributed by atoms with Crippen molar-refractivity contribution in [2.45, 2.75) is 31.1 Å². The Labute approximate surface area is 195 Å². The van der Waals surface area contributed by atoms with Gasteiger partial charge in [0.2, 0.25) is 0 Å². The van der Waals surface area contributed by atoms with Crippen molar-refractivity contribution in [3.05, 3.63) is 102 Å². The number of alkyl halides is 3. The molecule has 3 rings (SSSR count). The van der Waals surface area contributed by atoms with E-state index in [4.69, 9.17) is 4.74 Å². The van der Waals surface area contributed by atoms with Crippen LogP contribution in [0.25, 0.3) is 0 Å². The Hall–Kier alpha value is -3.37. The molecule has 0 aromatic heterocycles. The Balaban J connectivity index is 1.68. The summed E-state index contributed by atoms with van der Waals surface area (Å²) in [6, 6.07) is 22.8. The van der Waals surface area contributed by atoms with Crippen LogP contribution in [-0.4, -0.2) is 25.9 Å². The highest BCUT2D eigenvalue weighted by Crippen LogP contribution is 2.27. The molecule has 0 aliphatic heterocycles. The van der Waals surface area contributed by atoms with E-state index < -0.39 is 33.4 Å². The predicted octanol–water partition coefficient (Wildman–Crippen LogP) is 4.36. The number of esters is 1. The van der Waals surface area contributed by atoms with Crippen molar-refractivity contribution in [2.75, 3.05) is 0 Å². The molecule has 0 bridgehead atoms. The summed E-state index contributed by atoms with van der Waals surface area (Å²) in [7, 11) is -5.76. The molecule has 0 radical (unpaired) electrons. The van der Waals surface area contributed by atoms with Crippen LogP contribution in [0, 0.1) is 0 Å². The zero-order valence-corrected chi connectivity index (χ0v) is 18.7. The van der Waals surface area contributed by atoms with Crippen LogP contribution in [-0.2, 0) is 39.2 Å². The van der Waals surface area contributed by atoms with Gasteiger partial charge in [0.05, 0.1) is 0 Å². The minimum Gasteiger partial charge on any atom is -0.460 e. The first-order valence-corrected chi connectivity index (χ1v) is 11.6. The highest BCUT2D eigenvalue weighted by atomic mass is 32.2. The van der Waals surface area contributed by atoms with E-state index in [-0.39, 0.29) is 13.0 Å². The van der Waals surface area contributed by atoms with Crippen LogP contribution in [0.2, 0.25) is 0 Å². The topological polar surface area (TPSA) is 81.7 Å². The normalized spacial score (nSPS) is 12.7. The lowest BCUT2D eigenvalue weighted by Gasteiger charge is -2.18. The second-order valence-electron chi connectivity index (χ2n) is 7.34. The first-order valence-electron chi connectivity index (χ1n) is 10.2. The maximum Gasteiger partial charge on any atom is 0.534 e. The van der Waals surface area contributed by atoms with Gasteiger partial charge in [-0.15, -0.1) is 0 Å². The molecule has 180 valence electrons. The van der Waals surface area contributed by atoms with E-state index in [1.165, 1.54) is 12.1 Å². The van der Waals surface area contributed by atoms with Gasteiger partial charge in [-0.05, 0) is 35.2 Å². The van der Waals surface area contributed by atoms with Gasteiger partial charge in [-0.3, -0.25) is 4.79 Å². The molecule has 10 heteroatoms. The molecule has 0 fully saturated rings. The zero-order chi connectivity index (χ0) is 24.6. The molecule has 6 nitrogen and oxygen atoms in total. The van der Waals surface area contributed by atoms with Crippen LogP contribution >= 0.6 is 0 Å². The lowest BCUT2D eigenvalue weighted by Crippen LogP contribution is -2.39. The van der Waals surface area contributed by atoms with Gasteiger partial charge >= 0.3 is 21.6 Å². The molecule has 1 N–H and O–H groups in total. The van der Waals surface area contributed by atoms with Gasteiger partial charge in [0, 0.05) is 6.54 Å². The third-order valence-electron chi connectivity index (χ3n) is 4.76. The molecule has 0 saturated carbocycles. The zero-order valence-electron chi connectivity index (χ0n) is 17.9. The van der Waals surface area contributed by atoms with Crippen molar-refractivity contribution >= 4 is 16.1 Å². The summed E-state index contributed by atoms with van der Waals surface area (Å²) in [6.07, 6.45) is 0.159. The fourth-order valence-electron chi connectivity index (χ4n) is 3.00. The lowest BCUT2D eigenvalue weighted by atomic mass is 10.1. The van der Waals surface area contributed by atoms with E-state index in [1.807, 2.05) is 60.7 Å². The van der Waals surface area contributed by atoms with Crippen molar-refractivity contribution in [3.63, 3.8) is 0 Å². The summed E-state index contributed by atoms with van der Waals surface area (Å²) < 4.78 is 69.4. The number of carbonyl (C=O) groups excluding carboxylic acids is 1. The van der Waals surface area contributed by atoms with E-state index in [2.05, 4.69) is 9.50 Å². The molecule has 0 aliphatic rings. The second-order valence-corrected chi connectivity index (χ2v) is 8.88. The minimum atomic E-state index is -5.76. The number of hydrogen-bond donors (Lipinski definition) is 1. The number of carbonyl (C=O) groups is 1. The van der Waals surface area contributed by atoms with E-state index in [0.717, 1.165) is 23.3 Å². The number of ether oxygens (including phenoxy) is 1. The average molecular weight is 494 g/mol. The molecule has 1 atom stereocenters. The molecular weight excluding hydrogens is 471 g/mol. The smallest absolute Gasteiger partial charge is 0.460 e. The van der Waals surface area contributed by atoms with Gasteiger partial charge in [-0.25, -0.2) is 0 Å². The van der Waals surface area contributed by atoms with Gasteiger partial charge in [-0.1, -0.05) is 72.8 Å². The number of rotatable bonds is 10. The standard InChI is InChI=1S/C24H22F3NO5S/c25-24(26,27)34(30,31)33-21-13-11-18(12-14-21)15-22(28-16-19-7-3-1-4-8-19)23(29)32-17-20-9-5-2-6-10-20/h1-14,22,28H,15-17H2. The van der Waals surface area contributed by atoms with E-state index in [9.17, 15) is 26.4 Å². The van der Waals surface area contributed by atoms with Gasteiger partial charge in [0.1, 0.15) is 18.4 Å². The molecule has 0 aliphatic carbocycles. The molecule has 0 spiro atoms. The van der Waals surface area contributed by atoms with Gasteiger partial charge in [0.15, 0.2) is 0 Å². The fraction of sp³-hybridized carbons (Fsp3) is 0.208. The first-order chi connectivity index (χ1) is 16.1. The summed E-state index contributed by atoms with van der Waals surface area (Å²) in [4.78, 5) is 12.8. The average Bonchev–Trinajstić information content (AvgIpc) is 2.81. The third kappa shape index (κ3) is 7.32. The van der Waals surface area contributed by atoms with Crippen molar-refractivity contribution < 1.29 is 35.3 Å². The van der Waals surface area contributed by atoms with Gasteiger partial charge < -0.3 is 14.2 Å². The minimum absolute atomic E-state index is 0.0886. The number of nitrogens with one attached hydrogen (secondary N) is 1. The summed E-state index contributed by atoms with van der Waals surface area (Å²) in [6.45, 7) is 0.474. The van der Waals surface area contributed by atoms with Crippen LogP contribution < -0.4 is 9.50 Å². The molecule has 34 heavy (non-hydrogen) atoms. The highest BCUT2D eigenvalue weighted by molar-refractivity contribution is 7.88. The van der Waals surface area contributed by atoms with Gasteiger partial charge in [-0.2, -0.15) is 21.6 Å². The Bertz CT molecular complexity index is 1170. The summed E-state index contributed by atoms with van der Waals surface area (Å²) >= 11 is 0. The maximum absolute atomic E-state index is 12.8. The number of hydrogen-bond acceptors (Lipinski definition) is 6. The molecule has 3 aromatic carbocycles. The van der Waals surface area contributed by atoms with Crippen LogP contribution in [0.4, 0.5) is 13.2 Å². The molecule has 1 unspecified atom stereocenters. The Morgan fingerprint density at radius 2 is 1.38 bits per heavy atom. The molecule has 0 saturated heterocycles. The highest BCUT2D eigenvalue weighted by Gasteiger charge is 2.48. The van der Waals surface area contributed by atoms with Crippen LogP contribution in [0.15, 0.2) is 84.9 Å². The Morgan fingerprint density at radius 3 is 1.94 bits per heavy atom. The second kappa shape index (κ2) is 11.2. The summed E-state index contributed by atoms with van der Waals surface area (Å²) in [5.41, 5.74) is -3.19. The summed E-state index contributed by atoms with van der Waals surface area (Å²) in [5, 5.41) is 3.14. The van der Waals surface area contributed by atoms with E-state index in [0.29, 0.717) is 12.1 Å². The fourth-order valence-corrected chi connectivity index (χ4v) is 3.45. The molecular formula is C24H22F3NO5S. The molecule has 0 amide bonds. The molecule has 3 aromatic rings. The van der Waals surface area contributed by atoms with Crippen LogP contribution in [0.3, 0.4) is 0 Å². The number of halogens is 3.